The van der Waals surface area contributed by atoms with Crippen LogP contribution in [-0.2, 0) is 23.0 Å². The summed E-state index contributed by atoms with van der Waals surface area (Å²) in [5.74, 6) is 0.237. The van der Waals surface area contributed by atoms with Gasteiger partial charge >= 0.3 is 0 Å². The van der Waals surface area contributed by atoms with E-state index in [1.54, 1.807) is 48.5 Å². The Labute approximate surface area is 183 Å². The summed E-state index contributed by atoms with van der Waals surface area (Å²) in [4.78, 5) is 12.9. The van der Waals surface area contributed by atoms with Gasteiger partial charge in [-0.3, -0.25) is 4.79 Å². The zero-order chi connectivity index (χ0) is 22.4. The Kier molecular flexibility index (Phi) is 7.09. The molecular weight excluding hydrogens is 412 g/mol. The van der Waals surface area contributed by atoms with Crippen molar-refractivity contribution in [1.82, 2.24) is 4.31 Å². The van der Waals surface area contributed by atoms with E-state index in [0.29, 0.717) is 22.6 Å². The van der Waals surface area contributed by atoms with Crippen LogP contribution in [0.5, 0.6) is 5.75 Å². The van der Waals surface area contributed by atoms with Crippen LogP contribution in [0.25, 0.3) is 0 Å². The lowest BCUT2D eigenvalue weighted by molar-refractivity contribution is 0.102. The van der Waals surface area contributed by atoms with Crippen molar-refractivity contribution in [3.63, 3.8) is 0 Å². The molecule has 0 radical (unpaired) electrons. The minimum atomic E-state index is -3.67. The highest BCUT2D eigenvalue weighted by molar-refractivity contribution is 7.89. The second kappa shape index (κ2) is 9.76. The Bertz CT molecular complexity index is 1140. The number of anilines is 1. The van der Waals surface area contributed by atoms with E-state index in [4.69, 9.17) is 4.74 Å². The lowest BCUT2D eigenvalue weighted by atomic mass is 10.1. The van der Waals surface area contributed by atoms with Crippen LogP contribution in [0.4, 0.5) is 5.69 Å². The first-order chi connectivity index (χ1) is 14.8. The zero-order valence-corrected chi connectivity index (χ0v) is 18.6. The molecule has 0 atom stereocenters. The number of methoxy groups -OCH3 is 1. The van der Waals surface area contributed by atoms with E-state index >= 15 is 0 Å². The number of sulfonamides is 1. The van der Waals surface area contributed by atoms with Crippen LogP contribution in [-0.4, -0.2) is 32.8 Å². The molecule has 0 saturated carbocycles. The number of carbonyl (C=O) groups excluding carboxylic acids is 1. The molecule has 0 spiro atoms. The van der Waals surface area contributed by atoms with Crippen LogP contribution in [0, 0.1) is 0 Å². The highest BCUT2D eigenvalue weighted by Crippen LogP contribution is 2.25. The molecule has 0 fully saturated rings. The maximum atomic E-state index is 12.9. The van der Waals surface area contributed by atoms with Crippen LogP contribution in [0.3, 0.4) is 0 Å². The summed E-state index contributed by atoms with van der Waals surface area (Å²) in [7, 11) is -0.656. The number of benzene rings is 3. The quantitative estimate of drug-likeness (QED) is 0.568. The maximum Gasteiger partial charge on any atom is 0.255 e. The van der Waals surface area contributed by atoms with Crippen molar-refractivity contribution in [3.05, 3.63) is 89.5 Å². The second-order valence-corrected chi connectivity index (χ2v) is 9.15. The van der Waals surface area contributed by atoms with Crippen LogP contribution >= 0.6 is 0 Å². The third-order valence-electron chi connectivity index (χ3n) is 5.01. The van der Waals surface area contributed by atoms with Gasteiger partial charge in [-0.25, -0.2) is 8.42 Å². The first-order valence-electron chi connectivity index (χ1n) is 9.93. The van der Waals surface area contributed by atoms with Crippen LogP contribution < -0.4 is 10.1 Å². The maximum absolute atomic E-state index is 12.9. The van der Waals surface area contributed by atoms with Gasteiger partial charge in [0.2, 0.25) is 10.0 Å². The van der Waals surface area contributed by atoms with Gasteiger partial charge in [0.1, 0.15) is 5.75 Å². The van der Waals surface area contributed by atoms with Crippen molar-refractivity contribution in [3.8, 4) is 5.75 Å². The third kappa shape index (κ3) is 5.31. The number of aryl methyl sites for hydroxylation is 1. The molecule has 0 aliphatic carbocycles. The number of ether oxygens (including phenoxy) is 1. The fourth-order valence-corrected chi connectivity index (χ4v) is 4.34. The number of rotatable bonds is 8. The fourth-order valence-electron chi connectivity index (χ4n) is 3.17. The van der Waals surface area contributed by atoms with Crippen LogP contribution in [0.1, 0.15) is 28.4 Å². The fraction of sp³-hybridized carbons (Fsp3) is 0.208. The molecule has 0 aliphatic rings. The molecule has 3 aromatic carbocycles. The molecule has 0 heterocycles. The van der Waals surface area contributed by atoms with Crippen LogP contribution in [0.15, 0.2) is 77.7 Å². The van der Waals surface area contributed by atoms with E-state index in [1.165, 1.54) is 24.0 Å². The molecule has 0 aliphatic heterocycles. The molecule has 3 rings (SSSR count). The normalized spacial score (nSPS) is 11.4. The minimum Gasteiger partial charge on any atom is -0.496 e. The first-order valence-corrected chi connectivity index (χ1v) is 11.4. The van der Waals surface area contributed by atoms with Gasteiger partial charge in [-0.2, -0.15) is 4.31 Å². The minimum absolute atomic E-state index is 0.0622. The largest absolute Gasteiger partial charge is 0.496 e. The Morgan fingerprint density at radius 1 is 1.00 bits per heavy atom. The van der Waals surface area contributed by atoms with Gasteiger partial charge in [0.25, 0.3) is 5.91 Å². The second-order valence-electron chi connectivity index (χ2n) is 7.11. The highest BCUT2D eigenvalue weighted by Gasteiger charge is 2.22. The molecular formula is C24H26N2O4S. The van der Waals surface area contributed by atoms with E-state index in [1.807, 2.05) is 24.3 Å². The van der Waals surface area contributed by atoms with Crippen molar-refractivity contribution in [2.24, 2.45) is 0 Å². The molecule has 31 heavy (non-hydrogen) atoms. The summed E-state index contributed by atoms with van der Waals surface area (Å²) < 4.78 is 32.3. The van der Waals surface area contributed by atoms with E-state index in [2.05, 4.69) is 12.2 Å². The smallest absolute Gasteiger partial charge is 0.255 e. The average molecular weight is 439 g/mol. The molecule has 1 amide bonds. The predicted molar refractivity (Wildman–Crippen MR) is 122 cm³/mol. The standard InChI is InChI=1S/C24H26N2O4S/c1-4-18-10-13-21(14-11-18)25-24(27)19-12-15-23(30-3)20(16-19)17-26(2)31(28,29)22-8-6-5-7-9-22/h5-16H,4,17H2,1-3H3,(H,25,27). The van der Waals surface area contributed by atoms with Crippen molar-refractivity contribution in [2.45, 2.75) is 24.8 Å². The number of nitrogens with zero attached hydrogens (tertiary/aromatic N) is 1. The average Bonchev–Trinajstić information content (AvgIpc) is 2.80. The molecule has 0 aromatic heterocycles. The third-order valence-corrected chi connectivity index (χ3v) is 6.82. The van der Waals surface area contributed by atoms with Gasteiger partial charge in [-0.05, 0) is 54.4 Å². The Morgan fingerprint density at radius 3 is 2.29 bits per heavy atom. The Hall–Kier alpha value is -3.16. The van der Waals surface area contributed by atoms with E-state index in [-0.39, 0.29) is 17.3 Å². The van der Waals surface area contributed by atoms with E-state index < -0.39 is 10.0 Å². The number of hydrogen-bond acceptors (Lipinski definition) is 4. The van der Waals surface area contributed by atoms with Crippen molar-refractivity contribution < 1.29 is 17.9 Å². The number of hydrogen-bond donors (Lipinski definition) is 1. The number of carbonyl (C=O) groups is 1. The number of amides is 1. The van der Waals surface area contributed by atoms with Crippen molar-refractivity contribution in [2.75, 3.05) is 19.5 Å². The summed E-state index contributed by atoms with van der Waals surface area (Å²) in [6.07, 6.45) is 0.926. The topological polar surface area (TPSA) is 75.7 Å². The molecule has 3 aromatic rings. The van der Waals surface area contributed by atoms with Gasteiger partial charge in [0.15, 0.2) is 0 Å². The summed E-state index contributed by atoms with van der Waals surface area (Å²) in [6, 6.07) is 20.9. The summed E-state index contributed by atoms with van der Waals surface area (Å²) in [6.45, 7) is 2.13. The molecule has 0 saturated heterocycles. The molecule has 6 nitrogen and oxygen atoms in total. The molecule has 1 N–H and O–H groups in total. The SMILES string of the molecule is CCc1ccc(NC(=O)c2ccc(OC)c(CN(C)S(=O)(=O)c3ccccc3)c2)cc1. The van der Waals surface area contributed by atoms with Gasteiger partial charge in [-0.15, -0.1) is 0 Å². The van der Waals surface area contributed by atoms with E-state index in [0.717, 1.165) is 6.42 Å². The summed E-state index contributed by atoms with van der Waals surface area (Å²) in [5.41, 5.74) is 2.90. The monoisotopic (exact) mass is 438 g/mol. The van der Waals surface area contributed by atoms with E-state index in [9.17, 15) is 13.2 Å². The van der Waals surface area contributed by atoms with Crippen LogP contribution in [0.2, 0.25) is 0 Å². The first kappa shape index (κ1) is 22.5. The van der Waals surface area contributed by atoms with Gasteiger partial charge in [0, 0.05) is 30.4 Å². The molecule has 7 heteroatoms. The lowest BCUT2D eigenvalue weighted by Crippen LogP contribution is -2.27. The van der Waals surface area contributed by atoms with Gasteiger partial charge in [0.05, 0.1) is 12.0 Å². The summed E-state index contributed by atoms with van der Waals surface area (Å²) >= 11 is 0. The molecule has 0 unspecified atom stereocenters. The number of nitrogens with one attached hydrogen (secondary N) is 1. The Balaban J connectivity index is 1.82. The lowest BCUT2D eigenvalue weighted by Gasteiger charge is -2.19. The Morgan fingerprint density at radius 2 is 1.68 bits per heavy atom. The predicted octanol–water partition coefficient (Wildman–Crippen LogP) is 4.33. The molecule has 0 bridgehead atoms. The highest BCUT2D eigenvalue weighted by atomic mass is 32.2. The van der Waals surface area contributed by atoms with Crippen molar-refractivity contribution in [1.29, 1.82) is 0 Å². The van der Waals surface area contributed by atoms with Crippen molar-refractivity contribution >= 4 is 21.6 Å². The van der Waals surface area contributed by atoms with Gasteiger partial charge in [-0.1, -0.05) is 37.3 Å². The summed E-state index contributed by atoms with van der Waals surface area (Å²) in [5, 5.41) is 2.87. The van der Waals surface area contributed by atoms with Gasteiger partial charge < -0.3 is 10.1 Å². The zero-order valence-electron chi connectivity index (χ0n) is 17.8. The molecule has 162 valence electrons.